The highest BCUT2D eigenvalue weighted by molar-refractivity contribution is 5.98. The molecule has 20 heavy (non-hydrogen) atoms. The summed E-state index contributed by atoms with van der Waals surface area (Å²) in [6.07, 6.45) is 1.03. The van der Waals surface area contributed by atoms with Gasteiger partial charge in [-0.2, -0.15) is 0 Å². The number of nitrogens with zero attached hydrogens (tertiary/aromatic N) is 2. The molecule has 7 heteroatoms. The second-order valence-corrected chi connectivity index (χ2v) is 4.94. The normalized spacial score (nSPS) is 21.8. The molecule has 106 valence electrons. The summed E-state index contributed by atoms with van der Waals surface area (Å²) in [6, 6.07) is 5.17. The first-order valence-corrected chi connectivity index (χ1v) is 6.16. The first-order chi connectivity index (χ1) is 9.36. The van der Waals surface area contributed by atoms with Gasteiger partial charge >= 0.3 is 5.97 Å². The summed E-state index contributed by atoms with van der Waals surface area (Å²) in [5, 5.41) is 19.8. The molecule has 0 radical (unpaired) electrons. The van der Waals surface area contributed by atoms with Gasteiger partial charge in [0.15, 0.2) is 0 Å². The van der Waals surface area contributed by atoms with Gasteiger partial charge < -0.3 is 10.0 Å². The van der Waals surface area contributed by atoms with Crippen LogP contribution in [0.3, 0.4) is 0 Å². The van der Waals surface area contributed by atoms with E-state index in [9.17, 15) is 24.8 Å². The molecule has 0 saturated carbocycles. The number of benzene rings is 1. The van der Waals surface area contributed by atoms with E-state index in [-0.39, 0.29) is 11.3 Å². The van der Waals surface area contributed by atoms with E-state index in [0.717, 1.165) is 0 Å². The minimum absolute atomic E-state index is 0.107. The zero-order valence-electron chi connectivity index (χ0n) is 10.9. The standard InChI is InChI=1S/C13H14N2O5/c1-13(12(17)18)7-2-8-14(13)11(16)9-3-5-10(6-4-9)15(19)20/h3-6H,2,7-8H2,1H3,(H,17,18). The first kappa shape index (κ1) is 14.0. The van der Waals surface area contributed by atoms with Crippen LogP contribution in [-0.4, -0.2) is 38.9 Å². The number of amides is 1. The number of carbonyl (C=O) groups is 2. The van der Waals surface area contributed by atoms with Crippen molar-refractivity contribution in [1.29, 1.82) is 0 Å². The lowest BCUT2D eigenvalue weighted by atomic mass is 9.98. The maximum absolute atomic E-state index is 12.3. The van der Waals surface area contributed by atoms with E-state index in [2.05, 4.69) is 0 Å². The highest BCUT2D eigenvalue weighted by atomic mass is 16.6. The van der Waals surface area contributed by atoms with E-state index in [1.165, 1.54) is 36.1 Å². The Bertz CT molecular complexity index is 569. The monoisotopic (exact) mass is 278 g/mol. The van der Waals surface area contributed by atoms with Crippen LogP contribution < -0.4 is 0 Å². The number of hydrogen-bond donors (Lipinski definition) is 1. The molecule has 1 aromatic rings. The molecule has 7 nitrogen and oxygen atoms in total. The molecule has 0 bridgehead atoms. The number of likely N-dealkylation sites (tertiary alicyclic amines) is 1. The molecule has 0 aliphatic carbocycles. The van der Waals surface area contributed by atoms with Crippen LogP contribution in [-0.2, 0) is 4.79 Å². The van der Waals surface area contributed by atoms with Crippen molar-refractivity contribution in [1.82, 2.24) is 4.90 Å². The minimum Gasteiger partial charge on any atom is -0.480 e. The van der Waals surface area contributed by atoms with Crippen LogP contribution in [0.5, 0.6) is 0 Å². The van der Waals surface area contributed by atoms with Gasteiger partial charge in [0.2, 0.25) is 0 Å². The van der Waals surface area contributed by atoms with Crippen molar-refractivity contribution in [2.45, 2.75) is 25.3 Å². The number of hydrogen-bond acceptors (Lipinski definition) is 4. The Morgan fingerprint density at radius 2 is 1.95 bits per heavy atom. The Balaban J connectivity index is 2.27. The summed E-state index contributed by atoms with van der Waals surface area (Å²) in [5.74, 6) is -1.45. The molecule has 1 saturated heterocycles. The summed E-state index contributed by atoms with van der Waals surface area (Å²) in [4.78, 5) is 35.0. The molecular formula is C13H14N2O5. The smallest absolute Gasteiger partial charge is 0.329 e. The van der Waals surface area contributed by atoms with Gasteiger partial charge in [-0.1, -0.05) is 0 Å². The van der Waals surface area contributed by atoms with Crippen LogP contribution in [0.15, 0.2) is 24.3 Å². The van der Waals surface area contributed by atoms with Crippen LogP contribution >= 0.6 is 0 Å². The van der Waals surface area contributed by atoms with Gasteiger partial charge in [-0.15, -0.1) is 0 Å². The largest absolute Gasteiger partial charge is 0.480 e. The van der Waals surface area contributed by atoms with Crippen molar-refractivity contribution >= 4 is 17.6 Å². The molecular weight excluding hydrogens is 264 g/mol. The van der Waals surface area contributed by atoms with E-state index >= 15 is 0 Å². The topological polar surface area (TPSA) is 101 Å². The number of non-ortho nitro benzene ring substituents is 1. The number of carboxylic acids is 1. The van der Waals surface area contributed by atoms with Crippen molar-refractivity contribution in [3.63, 3.8) is 0 Å². The third kappa shape index (κ3) is 2.22. The zero-order valence-corrected chi connectivity index (χ0v) is 10.9. The molecule has 1 unspecified atom stereocenters. The van der Waals surface area contributed by atoms with Crippen LogP contribution in [0.25, 0.3) is 0 Å². The van der Waals surface area contributed by atoms with Crippen LogP contribution in [0, 0.1) is 10.1 Å². The number of aliphatic carboxylic acids is 1. The molecule has 1 N–H and O–H groups in total. The highest BCUT2D eigenvalue weighted by Gasteiger charge is 2.46. The average Bonchev–Trinajstić information content (AvgIpc) is 2.81. The maximum atomic E-state index is 12.3. The van der Waals surface area contributed by atoms with Gasteiger partial charge in [0.25, 0.3) is 11.6 Å². The summed E-state index contributed by atoms with van der Waals surface area (Å²) < 4.78 is 0. The van der Waals surface area contributed by atoms with Crippen molar-refractivity contribution in [2.75, 3.05) is 6.54 Å². The van der Waals surface area contributed by atoms with Crippen LogP contribution in [0.2, 0.25) is 0 Å². The maximum Gasteiger partial charge on any atom is 0.329 e. The SMILES string of the molecule is CC1(C(=O)O)CCCN1C(=O)c1ccc([N+](=O)[O-])cc1. The quantitative estimate of drug-likeness (QED) is 0.669. The van der Waals surface area contributed by atoms with Crippen LogP contribution in [0.1, 0.15) is 30.1 Å². The molecule has 1 amide bonds. The highest BCUT2D eigenvalue weighted by Crippen LogP contribution is 2.31. The number of carboxylic acid groups (broad SMARTS) is 1. The second-order valence-electron chi connectivity index (χ2n) is 4.94. The van der Waals surface area contributed by atoms with Gasteiger partial charge in [-0.3, -0.25) is 14.9 Å². The zero-order chi connectivity index (χ0) is 14.9. The molecule has 1 aliphatic rings. The predicted octanol–water partition coefficient (Wildman–Crippen LogP) is 1.67. The molecule has 1 aromatic carbocycles. The Morgan fingerprint density at radius 3 is 2.45 bits per heavy atom. The summed E-state index contributed by atoms with van der Waals surface area (Å²) in [7, 11) is 0. The molecule has 0 spiro atoms. The molecule has 1 aliphatic heterocycles. The minimum atomic E-state index is -1.21. The lowest BCUT2D eigenvalue weighted by Gasteiger charge is -2.31. The van der Waals surface area contributed by atoms with E-state index < -0.39 is 22.3 Å². The Kier molecular flexibility index (Phi) is 3.44. The summed E-state index contributed by atoms with van der Waals surface area (Å²) in [6.45, 7) is 1.89. The van der Waals surface area contributed by atoms with Crippen LogP contribution in [0.4, 0.5) is 5.69 Å². The molecule has 2 rings (SSSR count). The number of nitro groups is 1. The molecule has 0 aromatic heterocycles. The molecule has 1 atom stereocenters. The van der Waals surface area contributed by atoms with Gasteiger partial charge in [0.05, 0.1) is 4.92 Å². The second kappa shape index (κ2) is 4.92. The molecule has 1 heterocycles. The van der Waals surface area contributed by atoms with Gasteiger partial charge in [0, 0.05) is 24.2 Å². The van der Waals surface area contributed by atoms with Gasteiger partial charge in [-0.05, 0) is 31.9 Å². The van der Waals surface area contributed by atoms with Crippen molar-refractivity contribution in [3.05, 3.63) is 39.9 Å². The lowest BCUT2D eigenvalue weighted by Crippen LogP contribution is -2.50. The van der Waals surface area contributed by atoms with Crippen molar-refractivity contribution in [2.24, 2.45) is 0 Å². The fourth-order valence-corrected chi connectivity index (χ4v) is 2.39. The molecule has 1 fully saturated rings. The third-order valence-corrected chi connectivity index (χ3v) is 3.67. The van der Waals surface area contributed by atoms with Crippen molar-refractivity contribution in [3.8, 4) is 0 Å². The predicted molar refractivity (Wildman–Crippen MR) is 69.4 cm³/mol. The van der Waals surface area contributed by atoms with Gasteiger partial charge in [-0.25, -0.2) is 4.79 Å². The van der Waals surface area contributed by atoms with E-state index in [4.69, 9.17) is 0 Å². The summed E-state index contributed by atoms with van der Waals surface area (Å²) in [5.41, 5.74) is -1.06. The number of nitro benzene ring substituents is 1. The number of carbonyl (C=O) groups excluding carboxylic acids is 1. The average molecular weight is 278 g/mol. The number of rotatable bonds is 3. The third-order valence-electron chi connectivity index (χ3n) is 3.67. The summed E-state index contributed by atoms with van der Waals surface area (Å²) >= 11 is 0. The van der Waals surface area contributed by atoms with E-state index in [1.54, 1.807) is 0 Å². The fourth-order valence-electron chi connectivity index (χ4n) is 2.39. The lowest BCUT2D eigenvalue weighted by molar-refractivity contribution is -0.384. The first-order valence-electron chi connectivity index (χ1n) is 6.16. The van der Waals surface area contributed by atoms with E-state index in [1.807, 2.05) is 0 Å². The fraction of sp³-hybridized carbons (Fsp3) is 0.385. The van der Waals surface area contributed by atoms with Crippen molar-refractivity contribution < 1.29 is 19.6 Å². The Morgan fingerprint density at radius 1 is 1.35 bits per heavy atom. The van der Waals surface area contributed by atoms with E-state index in [0.29, 0.717) is 19.4 Å². The Labute approximate surface area is 115 Å². The Hall–Kier alpha value is -2.44. The van der Waals surface area contributed by atoms with Gasteiger partial charge in [0.1, 0.15) is 5.54 Å².